The minimum atomic E-state index is -0.456. The van der Waals surface area contributed by atoms with Crippen LogP contribution in [0, 0.1) is 11.6 Å². The number of carbonyl (C=O) groups is 2. The number of nitrogens with one attached hydrogen (secondary N) is 1. The van der Waals surface area contributed by atoms with E-state index in [0.717, 1.165) is 0 Å². The third-order valence-corrected chi connectivity index (χ3v) is 3.50. The number of halogens is 2. The molecule has 0 aliphatic rings. The molecule has 0 aromatic heterocycles. The molecule has 24 heavy (non-hydrogen) atoms. The van der Waals surface area contributed by atoms with Crippen molar-refractivity contribution in [2.75, 3.05) is 11.4 Å². The summed E-state index contributed by atoms with van der Waals surface area (Å²) in [5, 5.41) is 2.61. The molecule has 126 valence electrons. The van der Waals surface area contributed by atoms with E-state index in [9.17, 15) is 18.4 Å². The summed E-state index contributed by atoms with van der Waals surface area (Å²) >= 11 is 0. The molecule has 0 bridgehead atoms. The topological polar surface area (TPSA) is 49.4 Å². The van der Waals surface area contributed by atoms with Crippen molar-refractivity contribution in [1.82, 2.24) is 5.32 Å². The molecule has 0 radical (unpaired) electrons. The van der Waals surface area contributed by atoms with Crippen molar-refractivity contribution < 1.29 is 18.4 Å². The number of hydrogen-bond donors (Lipinski definition) is 1. The molecule has 2 rings (SSSR count). The van der Waals surface area contributed by atoms with E-state index in [1.54, 1.807) is 24.3 Å². The maximum Gasteiger partial charge on any atom is 0.223 e. The minimum Gasteiger partial charge on any atom is -0.352 e. The first-order chi connectivity index (χ1) is 11.5. The lowest BCUT2D eigenvalue weighted by atomic mass is 10.2. The Bertz CT molecular complexity index is 734. The number of nitrogens with zero attached hydrogens (tertiary/aromatic N) is 1. The average molecular weight is 332 g/mol. The van der Waals surface area contributed by atoms with Crippen LogP contribution >= 0.6 is 0 Å². The molecule has 0 aliphatic heterocycles. The fourth-order valence-electron chi connectivity index (χ4n) is 2.25. The van der Waals surface area contributed by atoms with Gasteiger partial charge in [-0.2, -0.15) is 0 Å². The molecular formula is C18H18F2N2O2. The molecular weight excluding hydrogens is 314 g/mol. The second kappa shape index (κ2) is 8.19. The van der Waals surface area contributed by atoms with Crippen molar-refractivity contribution in [2.24, 2.45) is 0 Å². The standard InChI is InChI=1S/C18H18F2N2O2/c1-13(23)22(16-7-4-6-15(19)11-16)10-9-18(24)21-12-14-5-2-3-8-17(14)20/h2-8,11H,9-10,12H2,1H3,(H,21,24). The van der Waals surface area contributed by atoms with E-state index in [1.165, 1.54) is 36.1 Å². The van der Waals surface area contributed by atoms with Crippen LogP contribution in [0.1, 0.15) is 18.9 Å². The van der Waals surface area contributed by atoms with E-state index >= 15 is 0 Å². The molecule has 0 unspecified atom stereocenters. The van der Waals surface area contributed by atoms with Crippen LogP contribution in [0.25, 0.3) is 0 Å². The molecule has 0 spiro atoms. The summed E-state index contributed by atoms with van der Waals surface area (Å²) in [4.78, 5) is 24.9. The Morgan fingerprint density at radius 1 is 1.08 bits per heavy atom. The number of hydrogen-bond acceptors (Lipinski definition) is 2. The van der Waals surface area contributed by atoms with E-state index in [4.69, 9.17) is 0 Å². The van der Waals surface area contributed by atoms with Gasteiger partial charge in [-0.1, -0.05) is 24.3 Å². The maximum atomic E-state index is 13.5. The monoisotopic (exact) mass is 332 g/mol. The predicted molar refractivity (Wildman–Crippen MR) is 87.3 cm³/mol. The summed E-state index contributed by atoms with van der Waals surface area (Å²) in [6.45, 7) is 1.54. The van der Waals surface area contributed by atoms with Gasteiger partial charge in [-0.05, 0) is 24.3 Å². The number of benzene rings is 2. The SMILES string of the molecule is CC(=O)N(CCC(=O)NCc1ccccc1F)c1cccc(F)c1. The Labute approximate surface area is 139 Å². The van der Waals surface area contributed by atoms with Crippen molar-refractivity contribution in [3.63, 3.8) is 0 Å². The van der Waals surface area contributed by atoms with Crippen LogP contribution in [0.2, 0.25) is 0 Å². The molecule has 4 nitrogen and oxygen atoms in total. The zero-order valence-electron chi connectivity index (χ0n) is 13.3. The first kappa shape index (κ1) is 17.6. The maximum absolute atomic E-state index is 13.5. The van der Waals surface area contributed by atoms with Gasteiger partial charge in [-0.25, -0.2) is 8.78 Å². The highest BCUT2D eigenvalue weighted by Crippen LogP contribution is 2.16. The smallest absolute Gasteiger partial charge is 0.223 e. The quantitative estimate of drug-likeness (QED) is 0.884. The Morgan fingerprint density at radius 2 is 1.83 bits per heavy atom. The summed E-state index contributed by atoms with van der Waals surface area (Å²) in [5.41, 5.74) is 0.781. The zero-order chi connectivity index (χ0) is 17.5. The van der Waals surface area contributed by atoms with Crippen molar-refractivity contribution >= 4 is 17.5 Å². The number of rotatable bonds is 6. The summed E-state index contributed by atoms with van der Waals surface area (Å²) < 4.78 is 26.8. The van der Waals surface area contributed by atoms with Crippen LogP contribution in [0.5, 0.6) is 0 Å². The first-order valence-electron chi connectivity index (χ1n) is 7.51. The van der Waals surface area contributed by atoms with Crippen LogP contribution < -0.4 is 10.2 Å². The Morgan fingerprint density at radius 3 is 2.50 bits per heavy atom. The largest absolute Gasteiger partial charge is 0.352 e. The van der Waals surface area contributed by atoms with Crippen LogP contribution in [-0.4, -0.2) is 18.4 Å². The Hall–Kier alpha value is -2.76. The second-order valence-corrected chi connectivity index (χ2v) is 5.27. The van der Waals surface area contributed by atoms with E-state index in [-0.39, 0.29) is 37.1 Å². The van der Waals surface area contributed by atoms with E-state index in [0.29, 0.717) is 11.3 Å². The van der Waals surface area contributed by atoms with E-state index in [1.807, 2.05) is 0 Å². The van der Waals surface area contributed by atoms with Gasteiger partial charge in [0.1, 0.15) is 11.6 Å². The average Bonchev–Trinajstić information content (AvgIpc) is 2.54. The van der Waals surface area contributed by atoms with Crippen LogP contribution in [-0.2, 0) is 16.1 Å². The lowest BCUT2D eigenvalue weighted by molar-refractivity contribution is -0.121. The van der Waals surface area contributed by atoms with Gasteiger partial charge in [0, 0.05) is 37.7 Å². The third kappa shape index (κ3) is 4.87. The number of anilines is 1. The van der Waals surface area contributed by atoms with E-state index in [2.05, 4.69) is 5.32 Å². The zero-order valence-corrected chi connectivity index (χ0v) is 13.3. The van der Waals surface area contributed by atoms with Gasteiger partial charge >= 0.3 is 0 Å². The van der Waals surface area contributed by atoms with Gasteiger partial charge in [-0.3, -0.25) is 9.59 Å². The molecule has 0 aliphatic carbocycles. The molecule has 2 aromatic carbocycles. The highest BCUT2D eigenvalue weighted by Gasteiger charge is 2.14. The molecule has 0 atom stereocenters. The fraction of sp³-hybridized carbons (Fsp3) is 0.222. The number of carbonyl (C=O) groups excluding carboxylic acids is 2. The van der Waals surface area contributed by atoms with Gasteiger partial charge in [-0.15, -0.1) is 0 Å². The highest BCUT2D eigenvalue weighted by atomic mass is 19.1. The van der Waals surface area contributed by atoms with E-state index < -0.39 is 5.82 Å². The third-order valence-electron chi connectivity index (χ3n) is 3.50. The molecule has 0 fully saturated rings. The lowest BCUT2D eigenvalue weighted by Crippen LogP contribution is -2.33. The second-order valence-electron chi connectivity index (χ2n) is 5.27. The summed E-state index contributed by atoms with van der Waals surface area (Å²) in [6, 6.07) is 11.8. The lowest BCUT2D eigenvalue weighted by Gasteiger charge is -2.21. The van der Waals surface area contributed by atoms with Crippen molar-refractivity contribution in [3.8, 4) is 0 Å². The molecule has 6 heteroatoms. The van der Waals surface area contributed by atoms with Crippen molar-refractivity contribution in [3.05, 3.63) is 65.7 Å². The molecule has 0 saturated carbocycles. The molecule has 1 N–H and O–H groups in total. The fourth-order valence-corrected chi connectivity index (χ4v) is 2.25. The minimum absolute atomic E-state index is 0.0323. The molecule has 2 aromatic rings. The van der Waals surface area contributed by atoms with Crippen LogP contribution in [0.3, 0.4) is 0 Å². The summed E-state index contributed by atoms with van der Waals surface area (Å²) in [7, 11) is 0. The Balaban J connectivity index is 1.91. The van der Waals surface area contributed by atoms with Crippen molar-refractivity contribution in [2.45, 2.75) is 19.9 Å². The number of amides is 2. The molecule has 2 amide bonds. The molecule has 0 saturated heterocycles. The van der Waals surface area contributed by atoms with Gasteiger partial charge in [0.05, 0.1) is 0 Å². The van der Waals surface area contributed by atoms with Gasteiger partial charge in [0.2, 0.25) is 11.8 Å². The predicted octanol–water partition coefficient (Wildman–Crippen LogP) is 3.02. The summed E-state index contributed by atoms with van der Waals surface area (Å²) in [6.07, 6.45) is 0.0323. The van der Waals surface area contributed by atoms with Gasteiger partial charge < -0.3 is 10.2 Å². The van der Waals surface area contributed by atoms with Gasteiger partial charge in [0.25, 0.3) is 0 Å². The highest BCUT2D eigenvalue weighted by molar-refractivity contribution is 5.92. The normalized spacial score (nSPS) is 10.3. The van der Waals surface area contributed by atoms with Crippen LogP contribution in [0.4, 0.5) is 14.5 Å². The van der Waals surface area contributed by atoms with Crippen molar-refractivity contribution in [1.29, 1.82) is 0 Å². The Kier molecular flexibility index (Phi) is 6.01. The van der Waals surface area contributed by atoms with Gasteiger partial charge in [0.15, 0.2) is 0 Å². The van der Waals surface area contributed by atoms with Crippen LogP contribution in [0.15, 0.2) is 48.5 Å². The summed E-state index contributed by atoms with van der Waals surface area (Å²) in [5.74, 6) is -1.45. The molecule has 0 heterocycles. The first-order valence-corrected chi connectivity index (χ1v) is 7.51.